The number of rotatable bonds is 12. The highest BCUT2D eigenvalue weighted by Crippen LogP contribution is 2.47. The first kappa shape index (κ1) is 27.6. The van der Waals surface area contributed by atoms with Crippen LogP contribution in [0.2, 0.25) is 0 Å². The van der Waals surface area contributed by atoms with E-state index >= 15 is 0 Å². The number of ether oxygens (including phenoxy) is 3. The maximum atomic E-state index is 13.6. The van der Waals surface area contributed by atoms with Gasteiger partial charge in [-0.3, -0.25) is 0 Å². The summed E-state index contributed by atoms with van der Waals surface area (Å²) in [4.78, 5) is 3.39. The number of aromatic hydroxyl groups is 1. The van der Waals surface area contributed by atoms with E-state index in [9.17, 15) is 9.50 Å². The first-order valence-electron chi connectivity index (χ1n) is 13.8. The fourth-order valence-corrected chi connectivity index (χ4v) is 6.20. The molecule has 3 aromatic carbocycles. The van der Waals surface area contributed by atoms with Gasteiger partial charge < -0.3 is 24.2 Å². The number of halogens is 1. The smallest absolute Gasteiger partial charge is 0.153 e. The van der Waals surface area contributed by atoms with E-state index in [0.717, 1.165) is 84.1 Å². The summed E-state index contributed by atoms with van der Waals surface area (Å²) in [5.74, 6) is 1.95. The van der Waals surface area contributed by atoms with Gasteiger partial charge in [-0.25, -0.2) is 4.39 Å². The highest BCUT2D eigenvalue weighted by Gasteiger charge is 2.21. The summed E-state index contributed by atoms with van der Waals surface area (Å²) in [6.07, 6.45) is 3.31. The molecule has 1 aromatic heterocycles. The van der Waals surface area contributed by atoms with Gasteiger partial charge in [0.2, 0.25) is 0 Å². The predicted molar refractivity (Wildman–Crippen MR) is 156 cm³/mol. The van der Waals surface area contributed by atoms with Crippen LogP contribution in [-0.4, -0.2) is 56.1 Å². The third-order valence-electron chi connectivity index (χ3n) is 7.17. The Bertz CT molecular complexity index is 1330. The Morgan fingerprint density at radius 2 is 1.62 bits per heavy atom. The molecule has 39 heavy (non-hydrogen) atoms. The lowest BCUT2D eigenvalue weighted by Crippen LogP contribution is -2.35. The van der Waals surface area contributed by atoms with Crippen LogP contribution in [0.15, 0.2) is 66.7 Å². The lowest BCUT2D eigenvalue weighted by Gasteiger charge is -2.32. The molecule has 0 radical (unpaired) electrons. The first-order chi connectivity index (χ1) is 19.1. The van der Waals surface area contributed by atoms with Gasteiger partial charge in [0.15, 0.2) is 5.75 Å². The summed E-state index contributed by atoms with van der Waals surface area (Å²) >= 11 is 1.53. The van der Waals surface area contributed by atoms with Crippen LogP contribution in [0.1, 0.15) is 37.7 Å². The van der Waals surface area contributed by atoms with E-state index in [1.807, 2.05) is 18.2 Å². The highest BCUT2D eigenvalue weighted by molar-refractivity contribution is 7.22. The molecule has 1 saturated heterocycles. The molecular weight excluding hydrogens is 513 g/mol. The second kappa shape index (κ2) is 13.4. The first-order valence-corrected chi connectivity index (χ1v) is 14.6. The van der Waals surface area contributed by atoms with Crippen LogP contribution in [0.3, 0.4) is 0 Å². The van der Waals surface area contributed by atoms with Gasteiger partial charge in [0.25, 0.3) is 0 Å². The zero-order valence-electron chi connectivity index (χ0n) is 22.4. The molecular formula is C32H36FNO4S. The van der Waals surface area contributed by atoms with Crippen molar-refractivity contribution >= 4 is 21.4 Å². The topological polar surface area (TPSA) is 51.2 Å². The van der Waals surface area contributed by atoms with Crippen LogP contribution in [0.4, 0.5) is 4.39 Å². The number of hydrogen-bond acceptors (Lipinski definition) is 6. The number of fused-ring (bicyclic) bond motifs is 1. The molecule has 1 aliphatic heterocycles. The SMILES string of the molecule is CCCOCCOCCN1CCC(c2ccc(Oc3c(-c4ccc(F)cc4)sc4cc(O)ccc34)cc2)CC1. The van der Waals surface area contributed by atoms with E-state index in [2.05, 4.69) is 24.0 Å². The summed E-state index contributed by atoms with van der Waals surface area (Å²) in [7, 11) is 0. The van der Waals surface area contributed by atoms with E-state index in [-0.39, 0.29) is 11.6 Å². The second-order valence-corrected chi connectivity index (χ2v) is 11.0. The van der Waals surface area contributed by atoms with Crippen LogP contribution < -0.4 is 4.74 Å². The van der Waals surface area contributed by atoms with E-state index < -0.39 is 0 Å². The third-order valence-corrected chi connectivity index (χ3v) is 8.35. The van der Waals surface area contributed by atoms with E-state index in [1.165, 1.54) is 29.0 Å². The van der Waals surface area contributed by atoms with Crippen molar-refractivity contribution in [1.82, 2.24) is 4.90 Å². The van der Waals surface area contributed by atoms with Gasteiger partial charge in [0, 0.05) is 23.2 Å². The van der Waals surface area contributed by atoms with Crippen molar-refractivity contribution < 1.29 is 23.7 Å². The van der Waals surface area contributed by atoms with Crippen molar-refractivity contribution in [3.63, 3.8) is 0 Å². The maximum Gasteiger partial charge on any atom is 0.153 e. The summed E-state index contributed by atoms with van der Waals surface area (Å²) < 4.78 is 32.1. The maximum absolute atomic E-state index is 13.6. The summed E-state index contributed by atoms with van der Waals surface area (Å²) in [6, 6.07) is 20.1. The quantitative estimate of drug-likeness (QED) is 0.183. The molecule has 0 saturated carbocycles. The molecule has 0 aliphatic carbocycles. The number of phenolic OH excluding ortho intramolecular Hbond substituents is 1. The molecule has 1 fully saturated rings. The fourth-order valence-electron chi connectivity index (χ4n) is 5.03. The van der Waals surface area contributed by atoms with Gasteiger partial charge in [0.05, 0.1) is 24.7 Å². The Labute approximate surface area is 233 Å². The Hall–Kier alpha value is -2.97. The van der Waals surface area contributed by atoms with Gasteiger partial charge in [-0.15, -0.1) is 11.3 Å². The molecule has 5 rings (SSSR count). The number of phenols is 1. The van der Waals surface area contributed by atoms with Crippen molar-refractivity contribution in [2.24, 2.45) is 0 Å². The lowest BCUT2D eigenvalue weighted by atomic mass is 9.89. The van der Waals surface area contributed by atoms with Crippen molar-refractivity contribution in [2.75, 3.05) is 46.1 Å². The average molecular weight is 550 g/mol. The molecule has 2 heterocycles. The van der Waals surface area contributed by atoms with Crippen LogP contribution in [0, 0.1) is 5.82 Å². The Morgan fingerprint density at radius 3 is 2.33 bits per heavy atom. The molecule has 0 spiro atoms. The predicted octanol–water partition coefficient (Wildman–Crippen LogP) is 7.83. The highest BCUT2D eigenvalue weighted by atomic mass is 32.1. The largest absolute Gasteiger partial charge is 0.508 e. The molecule has 1 aliphatic rings. The summed E-state index contributed by atoms with van der Waals surface area (Å²) in [5.41, 5.74) is 2.22. The number of thiophene rings is 1. The fraction of sp³-hybridized carbons (Fsp3) is 0.375. The van der Waals surface area contributed by atoms with Crippen molar-refractivity contribution in [3.8, 4) is 27.7 Å². The zero-order chi connectivity index (χ0) is 27.0. The number of likely N-dealkylation sites (tertiary alicyclic amines) is 1. The van der Waals surface area contributed by atoms with Crippen molar-refractivity contribution in [3.05, 3.63) is 78.1 Å². The molecule has 4 aromatic rings. The van der Waals surface area contributed by atoms with Gasteiger partial charge >= 0.3 is 0 Å². The molecule has 1 N–H and O–H groups in total. The molecule has 0 amide bonds. The summed E-state index contributed by atoms with van der Waals surface area (Å²) in [5, 5.41) is 10.9. The summed E-state index contributed by atoms with van der Waals surface area (Å²) in [6.45, 7) is 8.13. The van der Waals surface area contributed by atoms with E-state index in [4.69, 9.17) is 14.2 Å². The van der Waals surface area contributed by atoms with Crippen molar-refractivity contribution in [2.45, 2.75) is 32.1 Å². The average Bonchev–Trinajstić information content (AvgIpc) is 3.30. The van der Waals surface area contributed by atoms with Crippen LogP contribution in [0.5, 0.6) is 17.2 Å². The third kappa shape index (κ3) is 7.17. The molecule has 7 heteroatoms. The Morgan fingerprint density at radius 1 is 0.897 bits per heavy atom. The Balaban J connectivity index is 1.19. The van der Waals surface area contributed by atoms with E-state index in [0.29, 0.717) is 19.1 Å². The normalized spacial score (nSPS) is 14.7. The van der Waals surface area contributed by atoms with Gasteiger partial charge in [-0.2, -0.15) is 0 Å². The molecule has 0 atom stereocenters. The van der Waals surface area contributed by atoms with Crippen LogP contribution >= 0.6 is 11.3 Å². The minimum absolute atomic E-state index is 0.209. The second-order valence-electron chi connectivity index (χ2n) is 9.96. The standard InChI is InChI=1S/C32H36FNO4S/c1-2-18-36-20-21-37-19-17-34-15-13-24(14-16-34)23-5-10-28(11-6-23)38-31-29-12-9-27(35)22-30(29)39-32(31)25-3-7-26(33)8-4-25/h3-12,22,24,35H,2,13-21H2,1H3. The van der Waals surface area contributed by atoms with Gasteiger partial charge in [-0.05, 0) is 91.9 Å². The number of benzene rings is 3. The molecule has 0 bridgehead atoms. The van der Waals surface area contributed by atoms with Gasteiger partial charge in [0.1, 0.15) is 17.3 Å². The van der Waals surface area contributed by atoms with E-state index in [1.54, 1.807) is 24.3 Å². The Kier molecular flexibility index (Phi) is 9.48. The number of nitrogens with zero attached hydrogens (tertiary/aromatic N) is 1. The number of piperidine rings is 1. The lowest BCUT2D eigenvalue weighted by molar-refractivity contribution is 0.0362. The molecule has 0 unspecified atom stereocenters. The monoisotopic (exact) mass is 549 g/mol. The number of hydrogen-bond donors (Lipinski definition) is 1. The minimum atomic E-state index is -0.275. The van der Waals surface area contributed by atoms with Crippen LogP contribution in [0.25, 0.3) is 20.5 Å². The van der Waals surface area contributed by atoms with Gasteiger partial charge in [-0.1, -0.05) is 31.2 Å². The zero-order valence-corrected chi connectivity index (χ0v) is 23.2. The minimum Gasteiger partial charge on any atom is -0.508 e. The van der Waals surface area contributed by atoms with Crippen molar-refractivity contribution in [1.29, 1.82) is 0 Å². The molecule has 5 nitrogen and oxygen atoms in total. The van der Waals surface area contributed by atoms with Crippen LogP contribution in [-0.2, 0) is 9.47 Å². The molecule has 206 valence electrons.